The Kier molecular flexibility index (Phi) is 4.41. The summed E-state index contributed by atoms with van der Waals surface area (Å²) in [6.07, 6.45) is 1.75. The quantitative estimate of drug-likeness (QED) is 0.656. The van der Waals surface area contributed by atoms with Gasteiger partial charge in [-0.05, 0) is 24.6 Å². The summed E-state index contributed by atoms with van der Waals surface area (Å²) in [5, 5.41) is 0. The topological polar surface area (TPSA) is 26.0 Å². The first kappa shape index (κ1) is 14.0. The zero-order valence-electron chi connectivity index (χ0n) is 12.0. The Morgan fingerprint density at radius 2 is 1.71 bits per heavy atom. The molecule has 106 valence electrons. The minimum absolute atomic E-state index is 0.696. The lowest BCUT2D eigenvalue weighted by Crippen LogP contribution is -1.85. The van der Waals surface area contributed by atoms with Crippen molar-refractivity contribution in [2.75, 3.05) is 0 Å². The largest absolute Gasteiger partial charge is 0.444 e. The van der Waals surface area contributed by atoms with Crippen molar-refractivity contribution in [1.29, 1.82) is 0 Å². The molecule has 0 unspecified atom stereocenters. The number of hydrogen-bond donors (Lipinski definition) is 0. The number of nitrogens with zero attached hydrogens (tertiary/aromatic N) is 1. The Balaban J connectivity index is 1.57. The molecule has 0 saturated heterocycles. The van der Waals surface area contributed by atoms with Crippen molar-refractivity contribution in [3.05, 3.63) is 77.7 Å². The molecule has 2 aromatic carbocycles. The molecule has 0 saturated carbocycles. The second-order valence-electron chi connectivity index (χ2n) is 4.99. The molecule has 3 heteroatoms. The first-order valence-electron chi connectivity index (χ1n) is 6.94. The van der Waals surface area contributed by atoms with Gasteiger partial charge in [-0.2, -0.15) is 11.8 Å². The van der Waals surface area contributed by atoms with Gasteiger partial charge >= 0.3 is 0 Å². The fraction of sp³-hybridized carbons (Fsp3) is 0.167. The summed E-state index contributed by atoms with van der Waals surface area (Å²) in [4.78, 5) is 4.54. The highest BCUT2D eigenvalue weighted by atomic mass is 32.2. The first-order chi connectivity index (χ1) is 10.3. The van der Waals surface area contributed by atoms with Crippen molar-refractivity contribution < 1.29 is 4.42 Å². The van der Waals surface area contributed by atoms with E-state index in [9.17, 15) is 0 Å². The van der Waals surface area contributed by atoms with Gasteiger partial charge in [-0.3, -0.25) is 0 Å². The van der Waals surface area contributed by atoms with Crippen molar-refractivity contribution in [1.82, 2.24) is 4.98 Å². The molecule has 21 heavy (non-hydrogen) atoms. The molecule has 0 aliphatic carbocycles. The zero-order chi connectivity index (χ0) is 14.5. The van der Waals surface area contributed by atoms with Crippen molar-refractivity contribution in [2.45, 2.75) is 18.4 Å². The number of benzene rings is 2. The van der Waals surface area contributed by atoms with E-state index in [2.05, 4.69) is 36.2 Å². The molecule has 0 atom stereocenters. The molecule has 1 heterocycles. The zero-order valence-corrected chi connectivity index (χ0v) is 12.8. The Hall–Kier alpha value is -2.00. The van der Waals surface area contributed by atoms with Crippen LogP contribution in [0.4, 0.5) is 0 Å². The minimum Gasteiger partial charge on any atom is -0.444 e. The van der Waals surface area contributed by atoms with Crippen LogP contribution in [0.1, 0.15) is 16.8 Å². The fourth-order valence-corrected chi connectivity index (χ4v) is 2.92. The molecule has 0 spiro atoms. The summed E-state index contributed by atoms with van der Waals surface area (Å²) >= 11 is 1.85. The maximum absolute atomic E-state index is 5.54. The molecule has 2 nitrogen and oxygen atoms in total. The molecule has 1 aromatic heterocycles. The third kappa shape index (κ3) is 3.76. The Labute approximate surface area is 129 Å². The summed E-state index contributed by atoms with van der Waals surface area (Å²) in [7, 11) is 0. The average Bonchev–Trinajstić information content (AvgIpc) is 2.99. The monoisotopic (exact) mass is 295 g/mol. The number of aryl methyl sites for hydroxylation is 1. The molecule has 0 fully saturated rings. The van der Waals surface area contributed by atoms with E-state index in [1.807, 2.05) is 42.1 Å². The third-order valence-corrected chi connectivity index (χ3v) is 4.25. The van der Waals surface area contributed by atoms with Gasteiger partial charge in [0.25, 0.3) is 0 Å². The summed E-state index contributed by atoms with van der Waals surface area (Å²) in [6.45, 7) is 2.11. The smallest absolute Gasteiger partial charge is 0.226 e. The van der Waals surface area contributed by atoms with Crippen molar-refractivity contribution in [3.63, 3.8) is 0 Å². The molecular formula is C18H17NOS. The summed E-state index contributed by atoms with van der Waals surface area (Å²) in [6, 6.07) is 18.7. The van der Waals surface area contributed by atoms with Gasteiger partial charge in [0.05, 0.1) is 5.69 Å². The third-order valence-electron chi connectivity index (χ3n) is 3.21. The Bertz CT molecular complexity index is 689. The normalized spacial score (nSPS) is 10.7. The molecule has 3 rings (SSSR count). The predicted octanol–water partition coefficient (Wildman–Crippen LogP) is 5.08. The van der Waals surface area contributed by atoms with Crippen LogP contribution in [0.5, 0.6) is 0 Å². The molecule has 0 N–H and O–H groups in total. The van der Waals surface area contributed by atoms with Gasteiger partial charge in [-0.1, -0.05) is 48.0 Å². The van der Waals surface area contributed by atoms with Crippen molar-refractivity contribution >= 4 is 11.8 Å². The predicted molar refractivity (Wildman–Crippen MR) is 88.1 cm³/mol. The lowest BCUT2D eigenvalue weighted by molar-refractivity contribution is 0.573. The maximum Gasteiger partial charge on any atom is 0.226 e. The van der Waals surface area contributed by atoms with Gasteiger partial charge in [0.1, 0.15) is 6.26 Å². The van der Waals surface area contributed by atoms with E-state index in [1.165, 1.54) is 11.1 Å². The molecule has 0 aliphatic heterocycles. The second-order valence-corrected chi connectivity index (χ2v) is 5.97. The molecule has 0 bridgehead atoms. The highest BCUT2D eigenvalue weighted by Crippen LogP contribution is 2.22. The minimum atomic E-state index is 0.696. The van der Waals surface area contributed by atoms with Gasteiger partial charge in [-0.15, -0.1) is 0 Å². The molecule has 0 aliphatic rings. The van der Waals surface area contributed by atoms with Crippen LogP contribution in [0.2, 0.25) is 0 Å². The summed E-state index contributed by atoms with van der Waals surface area (Å²) < 4.78 is 5.54. The van der Waals surface area contributed by atoms with E-state index in [-0.39, 0.29) is 0 Å². The fourth-order valence-electron chi connectivity index (χ4n) is 2.04. The van der Waals surface area contributed by atoms with Crippen molar-refractivity contribution in [2.24, 2.45) is 0 Å². The lowest BCUT2D eigenvalue weighted by Gasteiger charge is -2.00. The van der Waals surface area contributed by atoms with Gasteiger partial charge in [0.15, 0.2) is 0 Å². The first-order valence-corrected chi connectivity index (χ1v) is 8.10. The SMILES string of the molecule is Cc1ccc(CSCc2coc(-c3ccccc3)n2)cc1. The van der Waals surface area contributed by atoms with E-state index in [0.29, 0.717) is 5.89 Å². The molecular weight excluding hydrogens is 278 g/mol. The van der Waals surface area contributed by atoms with Gasteiger partial charge in [0.2, 0.25) is 5.89 Å². The number of aromatic nitrogens is 1. The van der Waals surface area contributed by atoms with E-state index in [4.69, 9.17) is 4.42 Å². The van der Waals surface area contributed by atoms with E-state index in [1.54, 1.807) is 6.26 Å². The standard InChI is InChI=1S/C18H17NOS/c1-14-7-9-15(10-8-14)12-21-13-17-11-20-18(19-17)16-5-3-2-4-6-16/h2-11H,12-13H2,1H3. The number of oxazole rings is 1. The van der Waals surface area contributed by atoms with Crippen LogP contribution in [-0.4, -0.2) is 4.98 Å². The number of thioether (sulfide) groups is 1. The van der Waals surface area contributed by atoms with Gasteiger partial charge in [-0.25, -0.2) is 4.98 Å². The van der Waals surface area contributed by atoms with Crippen LogP contribution < -0.4 is 0 Å². The van der Waals surface area contributed by atoms with Crippen LogP contribution in [0.25, 0.3) is 11.5 Å². The van der Waals surface area contributed by atoms with E-state index >= 15 is 0 Å². The molecule has 3 aromatic rings. The van der Waals surface area contributed by atoms with Gasteiger partial charge < -0.3 is 4.42 Å². The van der Waals surface area contributed by atoms with E-state index < -0.39 is 0 Å². The Morgan fingerprint density at radius 1 is 0.952 bits per heavy atom. The molecule has 0 amide bonds. The maximum atomic E-state index is 5.54. The lowest BCUT2D eigenvalue weighted by atomic mass is 10.2. The van der Waals surface area contributed by atoms with Crippen LogP contribution in [0, 0.1) is 6.92 Å². The van der Waals surface area contributed by atoms with Crippen LogP contribution >= 0.6 is 11.8 Å². The highest BCUT2D eigenvalue weighted by Gasteiger charge is 2.06. The summed E-state index contributed by atoms with van der Waals surface area (Å²) in [5.41, 5.74) is 4.66. The number of hydrogen-bond acceptors (Lipinski definition) is 3. The van der Waals surface area contributed by atoms with Crippen LogP contribution in [0.15, 0.2) is 65.3 Å². The summed E-state index contributed by atoms with van der Waals surface area (Å²) in [5.74, 6) is 2.56. The molecule has 0 radical (unpaired) electrons. The van der Waals surface area contributed by atoms with Crippen molar-refractivity contribution in [3.8, 4) is 11.5 Å². The van der Waals surface area contributed by atoms with Crippen LogP contribution in [0.3, 0.4) is 0 Å². The Morgan fingerprint density at radius 3 is 2.48 bits per heavy atom. The van der Waals surface area contributed by atoms with E-state index in [0.717, 1.165) is 22.8 Å². The van der Waals surface area contributed by atoms with Gasteiger partial charge in [0, 0.05) is 17.1 Å². The van der Waals surface area contributed by atoms with Crippen LogP contribution in [-0.2, 0) is 11.5 Å². The highest BCUT2D eigenvalue weighted by molar-refractivity contribution is 7.97. The number of rotatable bonds is 5. The average molecular weight is 295 g/mol. The second kappa shape index (κ2) is 6.64.